The number of nitrogens with one attached hydrogen (secondary N) is 3. The molecule has 0 saturated heterocycles. The molecule has 0 aliphatic carbocycles. The summed E-state index contributed by atoms with van der Waals surface area (Å²) in [6.07, 6.45) is 0. The van der Waals surface area contributed by atoms with Crippen LogP contribution < -0.4 is 16.0 Å². The number of hydrogen-bond acceptors (Lipinski definition) is 3. The lowest BCUT2D eigenvalue weighted by Crippen LogP contribution is -2.21. The highest BCUT2D eigenvalue weighted by atomic mass is 35.5. The fraction of sp³-hybridized carbons (Fsp3) is 0.125. The number of halogens is 1. The van der Waals surface area contributed by atoms with Crippen molar-refractivity contribution >= 4 is 40.5 Å². The molecule has 2 aromatic carbocycles. The zero-order chi connectivity index (χ0) is 15.9. The molecule has 0 aliphatic rings. The summed E-state index contributed by atoms with van der Waals surface area (Å²) in [6.45, 7) is 1.57. The Morgan fingerprint density at radius 2 is 1.59 bits per heavy atom. The van der Waals surface area contributed by atoms with Gasteiger partial charge in [-0.2, -0.15) is 0 Å². The third-order valence-corrected chi connectivity index (χ3v) is 3.00. The lowest BCUT2D eigenvalue weighted by molar-refractivity contribution is -0.115. The van der Waals surface area contributed by atoms with Gasteiger partial charge in [0.05, 0.1) is 6.54 Å². The molecule has 2 amide bonds. The zero-order valence-corrected chi connectivity index (χ0v) is 12.8. The van der Waals surface area contributed by atoms with E-state index >= 15 is 0 Å². The second-order valence-electron chi connectivity index (χ2n) is 4.67. The second kappa shape index (κ2) is 7.47. The van der Waals surface area contributed by atoms with E-state index in [-0.39, 0.29) is 18.4 Å². The molecule has 0 aromatic heterocycles. The molecule has 0 saturated carbocycles. The number of amides is 2. The average Bonchev–Trinajstić information content (AvgIpc) is 2.47. The standard InChI is InChI=1S/C16H16ClN3O2/c1-11(21)19-13-5-7-14(8-6-13)20-16(22)10-18-15-4-2-3-12(17)9-15/h2-9,18H,10H2,1H3,(H,19,21)(H,20,22). The Kier molecular flexibility index (Phi) is 5.38. The normalized spacial score (nSPS) is 9.91. The fourth-order valence-electron chi connectivity index (χ4n) is 1.83. The Bertz CT molecular complexity index is 671. The van der Waals surface area contributed by atoms with E-state index in [9.17, 15) is 9.59 Å². The van der Waals surface area contributed by atoms with Crippen molar-refractivity contribution < 1.29 is 9.59 Å². The van der Waals surface area contributed by atoms with Gasteiger partial charge in [0.15, 0.2) is 0 Å². The van der Waals surface area contributed by atoms with Gasteiger partial charge in [0.1, 0.15) is 0 Å². The van der Waals surface area contributed by atoms with Crippen LogP contribution in [0.4, 0.5) is 17.1 Å². The molecule has 0 unspecified atom stereocenters. The first-order valence-corrected chi connectivity index (χ1v) is 7.08. The van der Waals surface area contributed by atoms with Crippen LogP contribution >= 0.6 is 11.6 Å². The lowest BCUT2D eigenvalue weighted by atomic mass is 10.2. The molecule has 0 atom stereocenters. The van der Waals surface area contributed by atoms with Crippen LogP contribution in [0.25, 0.3) is 0 Å². The maximum absolute atomic E-state index is 11.9. The first-order valence-electron chi connectivity index (χ1n) is 6.70. The number of hydrogen-bond donors (Lipinski definition) is 3. The van der Waals surface area contributed by atoms with Crippen LogP contribution in [0, 0.1) is 0 Å². The molecule has 0 heterocycles. The summed E-state index contributed by atoms with van der Waals surface area (Å²) in [5.74, 6) is -0.310. The third kappa shape index (κ3) is 5.10. The maximum Gasteiger partial charge on any atom is 0.243 e. The van der Waals surface area contributed by atoms with Crippen LogP contribution in [-0.2, 0) is 9.59 Å². The highest BCUT2D eigenvalue weighted by Crippen LogP contribution is 2.15. The lowest BCUT2D eigenvalue weighted by Gasteiger charge is -2.09. The van der Waals surface area contributed by atoms with Crippen molar-refractivity contribution in [2.45, 2.75) is 6.92 Å². The summed E-state index contributed by atoms with van der Waals surface area (Å²) >= 11 is 5.87. The van der Waals surface area contributed by atoms with Gasteiger partial charge >= 0.3 is 0 Å². The summed E-state index contributed by atoms with van der Waals surface area (Å²) < 4.78 is 0. The molecule has 22 heavy (non-hydrogen) atoms. The highest BCUT2D eigenvalue weighted by molar-refractivity contribution is 6.30. The summed E-state index contributed by atoms with van der Waals surface area (Å²) in [4.78, 5) is 22.8. The number of benzene rings is 2. The van der Waals surface area contributed by atoms with E-state index in [1.807, 2.05) is 12.1 Å². The third-order valence-electron chi connectivity index (χ3n) is 2.77. The first kappa shape index (κ1) is 15.9. The Morgan fingerprint density at radius 1 is 0.955 bits per heavy atom. The van der Waals surface area contributed by atoms with Crippen molar-refractivity contribution in [3.63, 3.8) is 0 Å². The molecule has 114 valence electrons. The van der Waals surface area contributed by atoms with E-state index in [1.165, 1.54) is 6.92 Å². The summed E-state index contributed by atoms with van der Waals surface area (Å²) in [5.41, 5.74) is 2.12. The summed E-state index contributed by atoms with van der Waals surface area (Å²) in [5, 5.41) is 9.02. The Hall–Kier alpha value is -2.53. The average molecular weight is 318 g/mol. The second-order valence-corrected chi connectivity index (χ2v) is 5.11. The van der Waals surface area contributed by atoms with Crippen molar-refractivity contribution in [3.05, 3.63) is 53.6 Å². The van der Waals surface area contributed by atoms with Crippen molar-refractivity contribution in [1.82, 2.24) is 0 Å². The van der Waals surface area contributed by atoms with E-state index in [1.54, 1.807) is 36.4 Å². The molecule has 0 fully saturated rings. The fourth-order valence-corrected chi connectivity index (χ4v) is 2.02. The largest absolute Gasteiger partial charge is 0.376 e. The van der Waals surface area contributed by atoms with Crippen molar-refractivity contribution in [3.8, 4) is 0 Å². The minimum atomic E-state index is -0.174. The van der Waals surface area contributed by atoms with Gasteiger partial charge in [-0.1, -0.05) is 17.7 Å². The van der Waals surface area contributed by atoms with Gasteiger partial charge in [-0.05, 0) is 42.5 Å². The number of rotatable bonds is 5. The molecule has 0 aliphatic heterocycles. The van der Waals surface area contributed by atoms with E-state index in [0.29, 0.717) is 16.4 Å². The van der Waals surface area contributed by atoms with Crippen LogP contribution in [0.15, 0.2) is 48.5 Å². The molecule has 0 radical (unpaired) electrons. The topological polar surface area (TPSA) is 70.2 Å². The van der Waals surface area contributed by atoms with Gasteiger partial charge in [0.2, 0.25) is 11.8 Å². The van der Waals surface area contributed by atoms with Crippen molar-refractivity contribution in [1.29, 1.82) is 0 Å². The quantitative estimate of drug-likeness (QED) is 0.792. The van der Waals surface area contributed by atoms with Gasteiger partial charge in [-0.25, -0.2) is 0 Å². The molecule has 0 bridgehead atoms. The Labute approximate surface area is 133 Å². The molecule has 3 N–H and O–H groups in total. The minimum absolute atomic E-state index is 0.133. The van der Waals surface area contributed by atoms with Crippen LogP contribution in [0.2, 0.25) is 5.02 Å². The number of anilines is 3. The molecular formula is C16H16ClN3O2. The van der Waals surface area contributed by atoms with E-state index in [4.69, 9.17) is 11.6 Å². The molecule has 2 aromatic rings. The minimum Gasteiger partial charge on any atom is -0.376 e. The van der Waals surface area contributed by atoms with E-state index in [2.05, 4.69) is 16.0 Å². The van der Waals surface area contributed by atoms with Crippen LogP contribution in [0.1, 0.15) is 6.92 Å². The Morgan fingerprint density at radius 3 is 2.18 bits per heavy atom. The van der Waals surface area contributed by atoms with Gasteiger partial charge in [-0.3, -0.25) is 9.59 Å². The van der Waals surface area contributed by atoms with Crippen LogP contribution in [0.5, 0.6) is 0 Å². The van der Waals surface area contributed by atoms with Gasteiger partial charge < -0.3 is 16.0 Å². The van der Waals surface area contributed by atoms with Gasteiger partial charge in [0.25, 0.3) is 0 Å². The molecular weight excluding hydrogens is 302 g/mol. The van der Waals surface area contributed by atoms with E-state index in [0.717, 1.165) is 5.69 Å². The predicted molar refractivity (Wildman–Crippen MR) is 89.3 cm³/mol. The zero-order valence-electron chi connectivity index (χ0n) is 12.0. The monoisotopic (exact) mass is 317 g/mol. The SMILES string of the molecule is CC(=O)Nc1ccc(NC(=O)CNc2cccc(Cl)c2)cc1. The number of carbonyl (C=O) groups is 2. The van der Waals surface area contributed by atoms with Crippen LogP contribution in [-0.4, -0.2) is 18.4 Å². The molecule has 6 heteroatoms. The molecule has 5 nitrogen and oxygen atoms in total. The van der Waals surface area contributed by atoms with Gasteiger partial charge in [-0.15, -0.1) is 0 Å². The molecule has 2 rings (SSSR count). The predicted octanol–water partition coefficient (Wildman–Crippen LogP) is 3.35. The number of carbonyl (C=O) groups excluding carboxylic acids is 2. The summed E-state index contributed by atoms with van der Waals surface area (Å²) in [7, 11) is 0. The van der Waals surface area contributed by atoms with Crippen molar-refractivity contribution in [2.24, 2.45) is 0 Å². The van der Waals surface area contributed by atoms with Gasteiger partial charge in [0, 0.05) is 29.0 Å². The smallest absolute Gasteiger partial charge is 0.243 e. The Balaban J connectivity index is 1.85. The van der Waals surface area contributed by atoms with Crippen LogP contribution in [0.3, 0.4) is 0 Å². The van der Waals surface area contributed by atoms with E-state index < -0.39 is 0 Å². The first-order chi connectivity index (χ1) is 10.5. The maximum atomic E-state index is 11.9. The molecule has 0 spiro atoms. The highest BCUT2D eigenvalue weighted by Gasteiger charge is 2.03. The summed E-state index contributed by atoms with van der Waals surface area (Å²) in [6, 6.07) is 14.1. The van der Waals surface area contributed by atoms with Crippen molar-refractivity contribution in [2.75, 3.05) is 22.5 Å².